The molecule has 4 atom stereocenters. The van der Waals surface area contributed by atoms with Gasteiger partial charge in [0, 0.05) is 18.8 Å². The van der Waals surface area contributed by atoms with Crippen molar-refractivity contribution in [3.63, 3.8) is 0 Å². The molecule has 0 saturated carbocycles. The third kappa shape index (κ3) is 9.53. The van der Waals surface area contributed by atoms with Crippen LogP contribution < -0.4 is 16.0 Å². The quantitative estimate of drug-likeness (QED) is 0.321. The highest BCUT2D eigenvalue weighted by molar-refractivity contribution is 7.98. The van der Waals surface area contributed by atoms with Crippen LogP contribution in [0.15, 0.2) is 54.9 Å². The number of hydrogen-bond acceptors (Lipinski definition) is 7. The minimum absolute atomic E-state index is 0.203. The summed E-state index contributed by atoms with van der Waals surface area (Å²) in [7, 11) is 1.27. The van der Waals surface area contributed by atoms with E-state index in [-0.39, 0.29) is 12.3 Å². The Morgan fingerprint density at radius 2 is 1.68 bits per heavy atom. The van der Waals surface area contributed by atoms with Gasteiger partial charge >= 0.3 is 5.97 Å². The number of pyridine rings is 1. The number of benzene rings is 1. The summed E-state index contributed by atoms with van der Waals surface area (Å²) in [6.07, 6.45) is 6.11. The first-order chi connectivity index (χ1) is 17.8. The highest BCUT2D eigenvalue weighted by atomic mass is 32.2. The highest BCUT2D eigenvalue weighted by Gasteiger charge is 2.32. The predicted molar refractivity (Wildman–Crippen MR) is 144 cm³/mol. The van der Waals surface area contributed by atoms with Crippen molar-refractivity contribution in [2.24, 2.45) is 5.92 Å². The monoisotopic (exact) mass is 528 g/mol. The molecule has 1 heterocycles. The summed E-state index contributed by atoms with van der Waals surface area (Å²) in [6, 6.07) is 9.83. The van der Waals surface area contributed by atoms with Crippen molar-refractivity contribution in [3.8, 4) is 0 Å². The number of nitrogens with zero attached hydrogens (tertiary/aromatic N) is 1. The second kappa shape index (κ2) is 15.7. The number of hydrogen-bond donors (Lipinski definition) is 3. The SMILES string of the molecule is CC[C@H](C)[C@H](NC(=O)c1cccnc1)C(=O)N[C@@H](Cc1ccccc1)C(=O)N[C@@H](CCSC)C(=O)OC. The summed E-state index contributed by atoms with van der Waals surface area (Å²) in [5, 5.41) is 8.35. The Hall–Kier alpha value is -3.40. The number of amides is 3. The predicted octanol–water partition coefficient (Wildman–Crippen LogP) is 2.36. The number of carbonyl (C=O) groups is 4. The van der Waals surface area contributed by atoms with Gasteiger partial charge in [0.25, 0.3) is 5.91 Å². The van der Waals surface area contributed by atoms with Gasteiger partial charge < -0.3 is 20.7 Å². The number of esters is 1. The molecular weight excluding hydrogens is 492 g/mol. The van der Waals surface area contributed by atoms with Gasteiger partial charge in [0.1, 0.15) is 18.1 Å². The van der Waals surface area contributed by atoms with Gasteiger partial charge in [0.05, 0.1) is 12.7 Å². The fraction of sp³-hybridized carbons (Fsp3) is 0.444. The van der Waals surface area contributed by atoms with Crippen molar-refractivity contribution in [2.75, 3.05) is 19.1 Å². The van der Waals surface area contributed by atoms with Gasteiger partial charge in [-0.2, -0.15) is 11.8 Å². The molecule has 2 aromatic rings. The number of aromatic nitrogens is 1. The van der Waals surface area contributed by atoms with Crippen LogP contribution >= 0.6 is 11.8 Å². The molecule has 10 heteroatoms. The molecule has 0 aliphatic rings. The Morgan fingerprint density at radius 1 is 0.973 bits per heavy atom. The van der Waals surface area contributed by atoms with Gasteiger partial charge in [0.15, 0.2) is 0 Å². The zero-order valence-corrected chi connectivity index (χ0v) is 22.5. The van der Waals surface area contributed by atoms with Crippen LogP contribution in [0.1, 0.15) is 42.6 Å². The first-order valence-electron chi connectivity index (χ1n) is 12.2. The van der Waals surface area contributed by atoms with E-state index in [1.54, 1.807) is 30.1 Å². The second-order valence-electron chi connectivity index (χ2n) is 8.70. The zero-order chi connectivity index (χ0) is 27.2. The molecule has 200 valence electrons. The van der Waals surface area contributed by atoms with Crippen LogP contribution in [0.2, 0.25) is 0 Å². The van der Waals surface area contributed by atoms with Gasteiger partial charge in [-0.25, -0.2) is 4.79 Å². The maximum atomic E-state index is 13.4. The molecule has 1 aromatic carbocycles. The van der Waals surface area contributed by atoms with Gasteiger partial charge in [-0.05, 0) is 42.0 Å². The molecule has 3 amide bonds. The van der Waals surface area contributed by atoms with Crippen molar-refractivity contribution in [2.45, 2.75) is 51.2 Å². The summed E-state index contributed by atoms with van der Waals surface area (Å²) in [4.78, 5) is 55.8. The van der Waals surface area contributed by atoms with Crippen molar-refractivity contribution in [3.05, 3.63) is 66.0 Å². The minimum atomic E-state index is -0.974. The van der Waals surface area contributed by atoms with Crippen LogP contribution in [0.25, 0.3) is 0 Å². The lowest BCUT2D eigenvalue weighted by Crippen LogP contribution is -2.57. The average molecular weight is 529 g/mol. The van der Waals surface area contributed by atoms with E-state index in [1.807, 2.05) is 50.4 Å². The molecule has 2 rings (SSSR count). The van der Waals surface area contributed by atoms with Crippen LogP contribution in [0.5, 0.6) is 0 Å². The van der Waals surface area contributed by atoms with E-state index in [0.29, 0.717) is 24.2 Å². The molecular formula is C27H36N4O5S. The highest BCUT2D eigenvalue weighted by Crippen LogP contribution is 2.12. The summed E-state index contributed by atoms with van der Waals surface area (Å²) in [5.41, 5.74) is 1.16. The third-order valence-electron chi connectivity index (χ3n) is 6.03. The number of ether oxygens (including phenoxy) is 1. The van der Waals surface area contributed by atoms with E-state index in [2.05, 4.69) is 20.9 Å². The Labute approximate surface area is 222 Å². The van der Waals surface area contributed by atoms with E-state index >= 15 is 0 Å². The zero-order valence-electron chi connectivity index (χ0n) is 21.7. The van der Waals surface area contributed by atoms with Crippen molar-refractivity contribution >= 4 is 35.5 Å². The fourth-order valence-corrected chi connectivity index (χ4v) is 4.11. The van der Waals surface area contributed by atoms with Gasteiger partial charge in [-0.3, -0.25) is 19.4 Å². The smallest absolute Gasteiger partial charge is 0.328 e. The van der Waals surface area contributed by atoms with Crippen molar-refractivity contribution in [1.29, 1.82) is 0 Å². The molecule has 3 N–H and O–H groups in total. The number of methoxy groups -OCH3 is 1. The molecule has 0 spiro atoms. The summed E-state index contributed by atoms with van der Waals surface area (Å²) >= 11 is 1.55. The third-order valence-corrected chi connectivity index (χ3v) is 6.68. The molecule has 0 unspecified atom stereocenters. The van der Waals surface area contributed by atoms with E-state index < -0.39 is 41.8 Å². The minimum Gasteiger partial charge on any atom is -0.467 e. The molecule has 9 nitrogen and oxygen atoms in total. The standard InChI is InChI=1S/C27H36N4O5S/c1-5-18(2)23(31-24(32)20-12-9-14-28-17-20)26(34)30-22(16-19-10-7-6-8-11-19)25(33)29-21(13-15-37-4)27(35)36-3/h6-12,14,17-18,21-23H,5,13,15-16H2,1-4H3,(H,29,33)(H,30,34)(H,31,32)/t18-,21-,22-,23-/m0/s1. The molecule has 0 aliphatic carbocycles. The largest absolute Gasteiger partial charge is 0.467 e. The number of nitrogens with one attached hydrogen (secondary N) is 3. The second-order valence-corrected chi connectivity index (χ2v) is 9.68. The average Bonchev–Trinajstić information content (AvgIpc) is 2.93. The van der Waals surface area contributed by atoms with E-state index in [1.165, 1.54) is 13.3 Å². The maximum Gasteiger partial charge on any atom is 0.328 e. The van der Waals surface area contributed by atoms with Crippen LogP contribution in [0, 0.1) is 5.92 Å². The lowest BCUT2D eigenvalue weighted by Gasteiger charge is -2.27. The molecule has 0 saturated heterocycles. The number of thioether (sulfide) groups is 1. The first-order valence-corrected chi connectivity index (χ1v) is 13.6. The van der Waals surface area contributed by atoms with Gasteiger partial charge in [-0.1, -0.05) is 50.6 Å². The summed E-state index contributed by atoms with van der Waals surface area (Å²) in [6.45, 7) is 3.78. The normalized spacial score (nSPS) is 13.9. The fourth-order valence-electron chi connectivity index (χ4n) is 3.64. The first kappa shape index (κ1) is 29.8. The summed E-state index contributed by atoms with van der Waals surface area (Å²) < 4.78 is 4.86. The Kier molecular flexibility index (Phi) is 12.6. The molecule has 1 aromatic heterocycles. The van der Waals surface area contributed by atoms with Crippen LogP contribution in [-0.4, -0.2) is 65.9 Å². The van der Waals surface area contributed by atoms with Crippen LogP contribution in [-0.2, 0) is 25.5 Å². The maximum absolute atomic E-state index is 13.4. The number of carbonyl (C=O) groups excluding carboxylic acids is 4. The van der Waals surface area contributed by atoms with Crippen LogP contribution in [0.4, 0.5) is 0 Å². The van der Waals surface area contributed by atoms with Crippen molar-refractivity contribution < 1.29 is 23.9 Å². The Morgan fingerprint density at radius 3 is 2.27 bits per heavy atom. The molecule has 37 heavy (non-hydrogen) atoms. The number of rotatable bonds is 14. The lowest BCUT2D eigenvalue weighted by molar-refractivity contribution is -0.145. The molecule has 0 bridgehead atoms. The Balaban J connectivity index is 2.26. The van der Waals surface area contributed by atoms with Crippen LogP contribution in [0.3, 0.4) is 0 Å². The topological polar surface area (TPSA) is 126 Å². The Bertz CT molecular complexity index is 1020. The van der Waals surface area contributed by atoms with E-state index in [0.717, 1.165) is 5.56 Å². The van der Waals surface area contributed by atoms with Gasteiger partial charge in [0.2, 0.25) is 11.8 Å². The van der Waals surface area contributed by atoms with E-state index in [9.17, 15) is 19.2 Å². The van der Waals surface area contributed by atoms with Gasteiger partial charge in [-0.15, -0.1) is 0 Å². The van der Waals surface area contributed by atoms with E-state index in [4.69, 9.17) is 4.74 Å². The molecule has 0 aliphatic heterocycles. The summed E-state index contributed by atoms with van der Waals surface area (Å²) in [5.74, 6) is -1.53. The lowest BCUT2D eigenvalue weighted by atomic mass is 9.96. The van der Waals surface area contributed by atoms with Crippen molar-refractivity contribution in [1.82, 2.24) is 20.9 Å². The molecule has 0 radical (unpaired) electrons. The molecule has 0 fully saturated rings.